The second kappa shape index (κ2) is 5.98. The first kappa shape index (κ1) is 13.7. The van der Waals surface area contributed by atoms with Gasteiger partial charge in [-0.15, -0.1) is 0 Å². The fraction of sp³-hybridized carbons (Fsp3) is 0.750. The number of aryl methyl sites for hydroxylation is 1. The van der Waals surface area contributed by atoms with Crippen molar-refractivity contribution in [2.24, 2.45) is 5.92 Å². The van der Waals surface area contributed by atoms with Crippen molar-refractivity contribution in [3.63, 3.8) is 0 Å². The molecular weight excluding hydrogens is 248 g/mol. The summed E-state index contributed by atoms with van der Waals surface area (Å²) in [6.07, 6.45) is 7.78. The standard InChI is InChI=1S/C16H26N4/c1-3-14-18-15(17-4-2)11-16(19-14)20-10-9-12-7-5-6-8-13(12)20/h11-13H,3-10H2,1-2H3,(H,17,18,19). The van der Waals surface area contributed by atoms with Crippen molar-refractivity contribution in [2.45, 2.75) is 58.4 Å². The smallest absolute Gasteiger partial charge is 0.134 e. The molecule has 1 aromatic rings. The molecule has 4 nitrogen and oxygen atoms in total. The van der Waals surface area contributed by atoms with Crippen LogP contribution in [0.3, 0.4) is 0 Å². The molecule has 0 aromatic carbocycles. The normalized spacial score (nSPS) is 25.6. The lowest BCUT2D eigenvalue weighted by atomic mass is 9.85. The van der Waals surface area contributed by atoms with Gasteiger partial charge in [0.2, 0.25) is 0 Å². The highest BCUT2D eigenvalue weighted by Gasteiger charge is 2.36. The molecule has 2 aliphatic rings. The fourth-order valence-electron chi connectivity index (χ4n) is 3.75. The molecule has 3 rings (SSSR count). The van der Waals surface area contributed by atoms with Gasteiger partial charge in [0.15, 0.2) is 0 Å². The molecule has 0 bridgehead atoms. The summed E-state index contributed by atoms with van der Waals surface area (Å²) >= 11 is 0. The molecule has 1 saturated carbocycles. The zero-order valence-electron chi connectivity index (χ0n) is 12.7. The van der Waals surface area contributed by atoms with Crippen molar-refractivity contribution < 1.29 is 0 Å². The lowest BCUT2D eigenvalue weighted by molar-refractivity contribution is 0.341. The molecule has 1 aromatic heterocycles. The third-order valence-corrected chi connectivity index (χ3v) is 4.74. The van der Waals surface area contributed by atoms with Gasteiger partial charge < -0.3 is 10.2 Å². The van der Waals surface area contributed by atoms with Crippen LogP contribution in [0.4, 0.5) is 11.6 Å². The molecule has 2 atom stereocenters. The minimum absolute atomic E-state index is 0.720. The molecule has 1 N–H and O–H groups in total. The molecule has 2 unspecified atom stereocenters. The molecule has 2 heterocycles. The third-order valence-electron chi connectivity index (χ3n) is 4.74. The Kier molecular flexibility index (Phi) is 4.08. The van der Waals surface area contributed by atoms with Gasteiger partial charge in [-0.05, 0) is 32.1 Å². The topological polar surface area (TPSA) is 41.0 Å². The van der Waals surface area contributed by atoms with E-state index in [9.17, 15) is 0 Å². The van der Waals surface area contributed by atoms with E-state index in [-0.39, 0.29) is 0 Å². The minimum Gasteiger partial charge on any atom is -0.370 e. The first-order valence-electron chi connectivity index (χ1n) is 8.20. The van der Waals surface area contributed by atoms with Crippen LogP contribution in [0.5, 0.6) is 0 Å². The molecule has 0 amide bonds. The second-order valence-corrected chi connectivity index (χ2v) is 6.01. The van der Waals surface area contributed by atoms with Gasteiger partial charge in [-0.1, -0.05) is 19.8 Å². The van der Waals surface area contributed by atoms with Crippen molar-refractivity contribution >= 4 is 11.6 Å². The Morgan fingerprint density at radius 2 is 2.05 bits per heavy atom. The highest BCUT2D eigenvalue weighted by molar-refractivity contribution is 5.51. The monoisotopic (exact) mass is 274 g/mol. The Bertz CT molecular complexity index is 460. The van der Waals surface area contributed by atoms with Crippen molar-refractivity contribution in [2.75, 3.05) is 23.3 Å². The number of nitrogens with zero attached hydrogens (tertiary/aromatic N) is 3. The molecule has 1 saturated heterocycles. The SMILES string of the molecule is CCNc1cc(N2CCC3CCCCC32)nc(CC)n1. The Hall–Kier alpha value is -1.32. The van der Waals surface area contributed by atoms with Crippen LogP contribution in [0.1, 0.15) is 51.8 Å². The summed E-state index contributed by atoms with van der Waals surface area (Å²) < 4.78 is 0. The van der Waals surface area contributed by atoms with Crippen LogP contribution in [0.25, 0.3) is 0 Å². The number of hydrogen-bond donors (Lipinski definition) is 1. The second-order valence-electron chi connectivity index (χ2n) is 6.01. The van der Waals surface area contributed by atoms with E-state index >= 15 is 0 Å². The van der Waals surface area contributed by atoms with Gasteiger partial charge in [0.25, 0.3) is 0 Å². The van der Waals surface area contributed by atoms with Gasteiger partial charge in [0, 0.05) is 31.6 Å². The van der Waals surface area contributed by atoms with Crippen molar-refractivity contribution in [3.8, 4) is 0 Å². The maximum atomic E-state index is 4.78. The van der Waals surface area contributed by atoms with Crippen LogP contribution in [-0.2, 0) is 6.42 Å². The van der Waals surface area contributed by atoms with E-state index in [0.29, 0.717) is 0 Å². The molecule has 1 aliphatic carbocycles. The Balaban J connectivity index is 1.86. The first-order chi connectivity index (χ1) is 9.81. The Labute approximate surface area is 122 Å². The zero-order chi connectivity index (χ0) is 13.9. The summed E-state index contributed by atoms with van der Waals surface area (Å²) in [6.45, 7) is 6.31. The average molecular weight is 274 g/mol. The van der Waals surface area contributed by atoms with E-state index in [1.54, 1.807) is 0 Å². The predicted molar refractivity (Wildman–Crippen MR) is 83.3 cm³/mol. The van der Waals surface area contributed by atoms with Crippen LogP contribution in [0.2, 0.25) is 0 Å². The fourth-order valence-corrected chi connectivity index (χ4v) is 3.75. The highest BCUT2D eigenvalue weighted by atomic mass is 15.2. The molecule has 0 radical (unpaired) electrons. The molecule has 2 fully saturated rings. The average Bonchev–Trinajstić information content (AvgIpc) is 2.91. The summed E-state index contributed by atoms with van der Waals surface area (Å²) in [7, 11) is 0. The maximum absolute atomic E-state index is 4.78. The molecule has 0 spiro atoms. The van der Waals surface area contributed by atoms with Gasteiger partial charge in [-0.3, -0.25) is 0 Å². The quantitative estimate of drug-likeness (QED) is 0.915. The van der Waals surface area contributed by atoms with E-state index in [1.807, 2.05) is 0 Å². The van der Waals surface area contributed by atoms with Crippen LogP contribution in [0, 0.1) is 5.92 Å². The number of anilines is 2. The van der Waals surface area contributed by atoms with Crippen molar-refractivity contribution in [1.29, 1.82) is 0 Å². The number of hydrogen-bond acceptors (Lipinski definition) is 4. The highest BCUT2D eigenvalue weighted by Crippen LogP contribution is 2.38. The van der Waals surface area contributed by atoms with Crippen molar-refractivity contribution in [3.05, 3.63) is 11.9 Å². The van der Waals surface area contributed by atoms with Gasteiger partial charge in [-0.2, -0.15) is 0 Å². The third kappa shape index (κ3) is 2.60. The van der Waals surface area contributed by atoms with Crippen molar-refractivity contribution in [1.82, 2.24) is 9.97 Å². The van der Waals surface area contributed by atoms with E-state index in [2.05, 4.69) is 35.1 Å². The zero-order valence-corrected chi connectivity index (χ0v) is 12.7. The summed E-state index contributed by atoms with van der Waals surface area (Å²) in [5, 5.41) is 3.34. The molecule has 110 valence electrons. The minimum atomic E-state index is 0.720. The van der Waals surface area contributed by atoms with Crippen LogP contribution in [-0.4, -0.2) is 29.1 Å². The number of fused-ring (bicyclic) bond motifs is 1. The lowest BCUT2D eigenvalue weighted by Crippen LogP contribution is -2.35. The molecule has 1 aliphatic heterocycles. The Morgan fingerprint density at radius 1 is 1.20 bits per heavy atom. The van der Waals surface area contributed by atoms with Crippen LogP contribution in [0.15, 0.2) is 6.07 Å². The molecule has 4 heteroatoms. The molecular formula is C16H26N4. The number of aromatic nitrogens is 2. The summed E-state index contributed by atoms with van der Waals surface area (Å²) in [5.74, 6) is 3.97. The van der Waals surface area contributed by atoms with Crippen LogP contribution < -0.4 is 10.2 Å². The summed E-state index contributed by atoms with van der Waals surface area (Å²) in [5.41, 5.74) is 0. The first-order valence-corrected chi connectivity index (χ1v) is 8.20. The van der Waals surface area contributed by atoms with E-state index in [1.165, 1.54) is 38.6 Å². The predicted octanol–water partition coefficient (Wildman–Crippen LogP) is 3.24. The van der Waals surface area contributed by atoms with Gasteiger partial charge >= 0.3 is 0 Å². The van der Waals surface area contributed by atoms with E-state index in [0.717, 1.165) is 42.4 Å². The lowest BCUT2D eigenvalue weighted by Gasteiger charge is -2.32. The Morgan fingerprint density at radius 3 is 2.85 bits per heavy atom. The maximum Gasteiger partial charge on any atom is 0.134 e. The summed E-state index contributed by atoms with van der Waals surface area (Å²) in [6, 6.07) is 2.86. The van der Waals surface area contributed by atoms with E-state index in [4.69, 9.17) is 4.98 Å². The number of nitrogens with one attached hydrogen (secondary N) is 1. The van der Waals surface area contributed by atoms with E-state index < -0.39 is 0 Å². The number of rotatable bonds is 4. The molecule has 20 heavy (non-hydrogen) atoms. The largest absolute Gasteiger partial charge is 0.370 e. The van der Waals surface area contributed by atoms with Crippen LogP contribution >= 0.6 is 0 Å². The summed E-state index contributed by atoms with van der Waals surface area (Å²) in [4.78, 5) is 11.9. The van der Waals surface area contributed by atoms with Gasteiger partial charge in [0.1, 0.15) is 17.5 Å². The van der Waals surface area contributed by atoms with Gasteiger partial charge in [0.05, 0.1) is 0 Å². The van der Waals surface area contributed by atoms with Gasteiger partial charge in [-0.25, -0.2) is 9.97 Å².